The number of urea groups is 1. The van der Waals surface area contributed by atoms with Crippen molar-refractivity contribution in [2.45, 2.75) is 26.1 Å². The molecule has 2 aromatic rings. The third kappa shape index (κ3) is 8.49. The Labute approximate surface area is 248 Å². The SMILES string of the molecule is CCOc1cc([C@@H]2NC(=O)NC(C)=C2C(=O)OC)ccc1OC[C@H](O)N/N=C\c1cc(Cl)c(OCC(=O)O)c(Br)c1. The number of nitrogens with zero attached hydrogens (tertiary/aromatic N) is 1. The summed E-state index contributed by atoms with van der Waals surface area (Å²) >= 11 is 9.44. The number of hydrogen-bond donors (Lipinski definition) is 5. The van der Waals surface area contributed by atoms with Crippen molar-refractivity contribution in [3.05, 3.63) is 62.2 Å². The van der Waals surface area contributed by atoms with Gasteiger partial charge in [-0.25, -0.2) is 14.4 Å². The molecule has 220 valence electrons. The van der Waals surface area contributed by atoms with Crippen LogP contribution in [-0.4, -0.2) is 67.6 Å². The van der Waals surface area contributed by atoms with Crippen LogP contribution in [-0.2, 0) is 14.3 Å². The van der Waals surface area contributed by atoms with Gasteiger partial charge >= 0.3 is 18.0 Å². The highest BCUT2D eigenvalue weighted by Gasteiger charge is 2.32. The van der Waals surface area contributed by atoms with Gasteiger partial charge in [-0.15, -0.1) is 0 Å². The van der Waals surface area contributed by atoms with E-state index >= 15 is 0 Å². The van der Waals surface area contributed by atoms with Gasteiger partial charge in [-0.3, -0.25) is 5.43 Å². The molecule has 41 heavy (non-hydrogen) atoms. The minimum Gasteiger partial charge on any atom is -0.490 e. The van der Waals surface area contributed by atoms with Crippen LogP contribution in [0.2, 0.25) is 5.02 Å². The predicted octanol–water partition coefficient (Wildman–Crippen LogP) is 3.09. The van der Waals surface area contributed by atoms with Gasteiger partial charge in [0.05, 0.1) is 41.0 Å². The van der Waals surface area contributed by atoms with Crippen LogP contribution in [0.3, 0.4) is 0 Å². The predicted molar refractivity (Wildman–Crippen MR) is 151 cm³/mol. The highest BCUT2D eigenvalue weighted by Crippen LogP contribution is 2.35. The zero-order valence-corrected chi connectivity index (χ0v) is 24.5. The van der Waals surface area contributed by atoms with Crippen molar-refractivity contribution < 1.29 is 43.5 Å². The number of aliphatic carboxylic acids is 1. The molecule has 15 heteroatoms. The summed E-state index contributed by atoms with van der Waals surface area (Å²) in [5.74, 6) is -0.906. The van der Waals surface area contributed by atoms with Crippen molar-refractivity contribution >= 4 is 51.7 Å². The third-order valence-corrected chi connectivity index (χ3v) is 6.34. The third-order valence-electron chi connectivity index (χ3n) is 5.47. The van der Waals surface area contributed by atoms with E-state index in [4.69, 9.17) is 35.7 Å². The van der Waals surface area contributed by atoms with E-state index in [2.05, 4.69) is 37.1 Å². The number of rotatable bonds is 13. The number of amides is 2. The molecule has 0 spiro atoms. The molecular weight excluding hydrogens is 628 g/mol. The minimum atomic E-state index is -1.21. The van der Waals surface area contributed by atoms with Gasteiger partial charge in [-0.05, 0) is 65.2 Å². The van der Waals surface area contributed by atoms with Crippen LogP contribution in [0, 0.1) is 0 Å². The van der Waals surface area contributed by atoms with Crippen molar-refractivity contribution in [3.63, 3.8) is 0 Å². The Bertz CT molecular complexity index is 1350. The average Bonchev–Trinajstić information content (AvgIpc) is 2.91. The van der Waals surface area contributed by atoms with Gasteiger partial charge in [0, 0.05) is 5.70 Å². The van der Waals surface area contributed by atoms with Gasteiger partial charge in [0.2, 0.25) is 0 Å². The maximum atomic E-state index is 12.4. The molecule has 0 unspecified atom stereocenters. The van der Waals surface area contributed by atoms with Crippen LogP contribution in [0.4, 0.5) is 4.79 Å². The molecule has 1 aliphatic rings. The molecule has 0 aliphatic carbocycles. The number of carbonyl (C=O) groups excluding carboxylic acids is 2. The summed E-state index contributed by atoms with van der Waals surface area (Å²) in [6.07, 6.45) is 0.181. The Balaban J connectivity index is 1.67. The summed E-state index contributed by atoms with van der Waals surface area (Å²) in [7, 11) is 1.26. The highest BCUT2D eigenvalue weighted by atomic mass is 79.9. The van der Waals surface area contributed by atoms with Crippen LogP contribution in [0.1, 0.15) is 31.0 Å². The van der Waals surface area contributed by atoms with Gasteiger partial charge in [-0.2, -0.15) is 5.10 Å². The second-order valence-corrected chi connectivity index (χ2v) is 9.67. The molecule has 3 rings (SSSR count). The number of nitrogens with one attached hydrogen (secondary N) is 3. The lowest BCUT2D eigenvalue weighted by Gasteiger charge is -2.28. The molecule has 0 fully saturated rings. The van der Waals surface area contributed by atoms with Crippen LogP contribution >= 0.6 is 27.5 Å². The van der Waals surface area contributed by atoms with E-state index in [1.54, 1.807) is 38.1 Å². The van der Waals surface area contributed by atoms with Crippen molar-refractivity contribution in [1.82, 2.24) is 16.1 Å². The van der Waals surface area contributed by atoms with E-state index in [0.717, 1.165) is 0 Å². The van der Waals surface area contributed by atoms with Gasteiger partial charge in [-0.1, -0.05) is 17.7 Å². The highest BCUT2D eigenvalue weighted by molar-refractivity contribution is 9.10. The Morgan fingerprint density at radius 2 is 1.98 bits per heavy atom. The summed E-state index contributed by atoms with van der Waals surface area (Å²) in [6, 6.07) is 6.77. The number of aliphatic hydroxyl groups excluding tert-OH is 1. The summed E-state index contributed by atoms with van der Waals surface area (Å²) in [4.78, 5) is 35.2. The molecule has 1 aliphatic heterocycles. The minimum absolute atomic E-state index is 0.172. The van der Waals surface area contributed by atoms with Gasteiger partial charge < -0.3 is 39.8 Å². The normalized spacial score (nSPS) is 15.6. The largest absolute Gasteiger partial charge is 0.490 e. The molecule has 2 aromatic carbocycles. The van der Waals surface area contributed by atoms with Crippen LogP contribution in [0.25, 0.3) is 0 Å². The summed E-state index contributed by atoms with van der Waals surface area (Å²) in [6.45, 7) is 2.94. The number of hydrazone groups is 1. The standard InChI is InChI=1S/C26H28BrClN4O9/c1-4-39-19-9-15(23-22(25(36)38-3)13(2)30-26(37)31-23)5-6-18(19)40-11-20(33)32-29-10-14-7-16(27)24(17(28)8-14)41-12-21(34)35/h5-10,20,23,32-33H,4,11-12H2,1-3H3,(H,34,35)(H2,30,31,37)/b29-10-/t20-,23-/m0/s1. The average molecular weight is 656 g/mol. The fourth-order valence-corrected chi connectivity index (χ4v) is 4.73. The molecule has 2 amide bonds. The number of carboxylic acids is 1. The van der Waals surface area contributed by atoms with Gasteiger partial charge in [0.15, 0.2) is 30.1 Å². The molecule has 13 nitrogen and oxygen atoms in total. The number of allylic oxidation sites excluding steroid dienone is 1. The van der Waals surface area contributed by atoms with Crippen molar-refractivity contribution in [1.29, 1.82) is 0 Å². The molecule has 0 saturated carbocycles. The summed E-state index contributed by atoms with van der Waals surface area (Å²) < 4.78 is 21.9. The fourth-order valence-electron chi connectivity index (χ4n) is 3.75. The zero-order valence-electron chi connectivity index (χ0n) is 22.2. The Hall–Kier alpha value is -4.01. The topological polar surface area (TPSA) is 177 Å². The number of aliphatic hydroxyl groups is 1. The van der Waals surface area contributed by atoms with E-state index < -0.39 is 36.8 Å². The molecule has 0 radical (unpaired) electrons. The smallest absolute Gasteiger partial charge is 0.341 e. The second kappa shape index (κ2) is 14.6. The molecular formula is C26H28BrClN4O9. The summed E-state index contributed by atoms with van der Waals surface area (Å²) in [5.41, 5.74) is 4.24. The van der Waals surface area contributed by atoms with E-state index in [-0.39, 0.29) is 23.0 Å². The molecule has 0 saturated heterocycles. The second-order valence-electron chi connectivity index (χ2n) is 8.41. The summed E-state index contributed by atoms with van der Waals surface area (Å²) in [5, 5.41) is 28.5. The van der Waals surface area contributed by atoms with E-state index in [0.29, 0.717) is 39.4 Å². The van der Waals surface area contributed by atoms with Crippen LogP contribution in [0.5, 0.6) is 17.2 Å². The van der Waals surface area contributed by atoms with Gasteiger partial charge in [0.25, 0.3) is 0 Å². The first kappa shape index (κ1) is 31.5. The Morgan fingerprint density at radius 1 is 1.22 bits per heavy atom. The quantitative estimate of drug-likeness (QED) is 0.0933. The van der Waals surface area contributed by atoms with E-state index in [1.807, 2.05) is 0 Å². The molecule has 5 N–H and O–H groups in total. The number of esters is 1. The first-order chi connectivity index (χ1) is 19.5. The molecule has 0 aromatic heterocycles. The first-order valence-corrected chi connectivity index (χ1v) is 13.3. The maximum absolute atomic E-state index is 12.4. The number of benzene rings is 2. The fraction of sp³-hybridized carbons (Fsp3) is 0.308. The van der Waals surface area contributed by atoms with Crippen molar-refractivity contribution in [2.75, 3.05) is 26.9 Å². The van der Waals surface area contributed by atoms with Crippen LogP contribution < -0.4 is 30.3 Å². The van der Waals surface area contributed by atoms with Crippen molar-refractivity contribution in [2.24, 2.45) is 5.10 Å². The lowest BCUT2D eigenvalue weighted by atomic mass is 9.95. The number of halogens is 2. The number of carbonyl (C=O) groups is 3. The number of methoxy groups -OCH3 is 1. The Morgan fingerprint density at radius 3 is 2.63 bits per heavy atom. The number of carboxylic acid groups (broad SMARTS) is 1. The molecule has 0 bridgehead atoms. The molecule has 2 atom stereocenters. The lowest BCUT2D eigenvalue weighted by molar-refractivity contribution is -0.139. The van der Waals surface area contributed by atoms with Crippen LogP contribution in [0.15, 0.2) is 51.2 Å². The monoisotopic (exact) mass is 654 g/mol. The first-order valence-electron chi connectivity index (χ1n) is 12.1. The Kier molecular flexibility index (Phi) is 11.2. The maximum Gasteiger partial charge on any atom is 0.341 e. The number of hydrogen-bond acceptors (Lipinski definition) is 10. The van der Waals surface area contributed by atoms with E-state index in [1.165, 1.54) is 19.4 Å². The van der Waals surface area contributed by atoms with E-state index in [9.17, 15) is 19.5 Å². The molecule has 1 heterocycles. The number of ether oxygens (including phenoxy) is 4. The lowest BCUT2D eigenvalue weighted by Crippen LogP contribution is -2.45. The van der Waals surface area contributed by atoms with Crippen molar-refractivity contribution in [3.8, 4) is 17.2 Å². The zero-order chi connectivity index (χ0) is 30.1. The van der Waals surface area contributed by atoms with Gasteiger partial charge in [0.1, 0.15) is 6.61 Å².